The van der Waals surface area contributed by atoms with E-state index in [1.54, 1.807) is 6.33 Å². The topological polar surface area (TPSA) is 70.2 Å². The zero-order valence-electron chi connectivity index (χ0n) is 10.7. The molecule has 0 fully saturated rings. The molecule has 5 heteroatoms. The van der Waals surface area contributed by atoms with E-state index in [2.05, 4.69) is 15.3 Å². The van der Waals surface area contributed by atoms with E-state index >= 15 is 0 Å². The molecule has 0 amide bonds. The zero-order chi connectivity index (χ0) is 13.0. The number of H-pyrrole nitrogens is 1. The number of aromatic nitrogens is 2. The SMILES string of the molecule is CC(C)NC[C@@H](O)COc1ccc2nc[nH]c2c1. The van der Waals surface area contributed by atoms with E-state index in [-0.39, 0.29) is 6.61 Å². The van der Waals surface area contributed by atoms with E-state index in [1.165, 1.54) is 0 Å². The first kappa shape index (κ1) is 12.9. The monoisotopic (exact) mass is 249 g/mol. The maximum absolute atomic E-state index is 9.72. The van der Waals surface area contributed by atoms with Gasteiger partial charge in [-0.1, -0.05) is 13.8 Å². The van der Waals surface area contributed by atoms with Crippen molar-refractivity contribution in [2.75, 3.05) is 13.2 Å². The summed E-state index contributed by atoms with van der Waals surface area (Å²) in [6.07, 6.45) is 1.14. The number of hydrogen-bond acceptors (Lipinski definition) is 4. The second-order valence-electron chi connectivity index (χ2n) is 4.61. The molecule has 1 aromatic heterocycles. The van der Waals surface area contributed by atoms with Crippen LogP contribution >= 0.6 is 0 Å². The molecule has 0 spiro atoms. The van der Waals surface area contributed by atoms with Gasteiger partial charge in [0.2, 0.25) is 0 Å². The highest BCUT2D eigenvalue weighted by molar-refractivity contribution is 5.75. The first-order chi connectivity index (χ1) is 8.65. The number of imidazole rings is 1. The number of aromatic amines is 1. The molecular weight excluding hydrogens is 230 g/mol. The number of benzene rings is 1. The number of rotatable bonds is 6. The van der Waals surface area contributed by atoms with Crippen LogP contribution in [0, 0.1) is 0 Å². The van der Waals surface area contributed by atoms with Crippen molar-refractivity contribution in [1.29, 1.82) is 0 Å². The van der Waals surface area contributed by atoms with Crippen molar-refractivity contribution < 1.29 is 9.84 Å². The molecule has 1 heterocycles. The Balaban J connectivity index is 1.85. The average molecular weight is 249 g/mol. The maximum Gasteiger partial charge on any atom is 0.121 e. The van der Waals surface area contributed by atoms with Crippen molar-refractivity contribution in [2.45, 2.75) is 26.0 Å². The summed E-state index contributed by atoms with van der Waals surface area (Å²) in [5, 5.41) is 12.9. The Morgan fingerprint density at radius 1 is 1.44 bits per heavy atom. The smallest absolute Gasteiger partial charge is 0.121 e. The molecule has 0 aliphatic heterocycles. The molecule has 5 nitrogen and oxygen atoms in total. The van der Waals surface area contributed by atoms with Crippen LogP contribution in [0.15, 0.2) is 24.5 Å². The molecule has 0 radical (unpaired) electrons. The average Bonchev–Trinajstić information content (AvgIpc) is 2.81. The molecule has 0 unspecified atom stereocenters. The summed E-state index contributed by atoms with van der Waals surface area (Å²) in [5.41, 5.74) is 1.84. The lowest BCUT2D eigenvalue weighted by Gasteiger charge is -2.14. The van der Waals surface area contributed by atoms with Gasteiger partial charge >= 0.3 is 0 Å². The van der Waals surface area contributed by atoms with Gasteiger partial charge in [0.05, 0.1) is 17.4 Å². The molecule has 0 aliphatic carbocycles. The van der Waals surface area contributed by atoms with Crippen LogP contribution in [0.2, 0.25) is 0 Å². The molecule has 0 saturated heterocycles. The first-order valence-electron chi connectivity index (χ1n) is 6.12. The summed E-state index contributed by atoms with van der Waals surface area (Å²) < 4.78 is 5.54. The molecule has 0 bridgehead atoms. The van der Waals surface area contributed by atoms with Gasteiger partial charge in [0, 0.05) is 18.7 Å². The summed E-state index contributed by atoms with van der Waals surface area (Å²) in [4.78, 5) is 7.16. The zero-order valence-corrected chi connectivity index (χ0v) is 10.7. The number of ether oxygens (including phenoxy) is 1. The fourth-order valence-corrected chi connectivity index (χ4v) is 1.63. The van der Waals surface area contributed by atoms with Crippen molar-refractivity contribution in [2.24, 2.45) is 0 Å². The minimum absolute atomic E-state index is 0.277. The number of nitrogens with zero attached hydrogens (tertiary/aromatic N) is 1. The highest BCUT2D eigenvalue weighted by atomic mass is 16.5. The van der Waals surface area contributed by atoms with Gasteiger partial charge in [-0.15, -0.1) is 0 Å². The molecule has 3 N–H and O–H groups in total. The number of aliphatic hydroxyl groups excluding tert-OH is 1. The van der Waals surface area contributed by atoms with Crippen LogP contribution in [-0.2, 0) is 0 Å². The van der Waals surface area contributed by atoms with Gasteiger partial charge < -0.3 is 20.1 Å². The van der Waals surface area contributed by atoms with Crippen LogP contribution in [0.3, 0.4) is 0 Å². The Morgan fingerprint density at radius 2 is 2.28 bits per heavy atom. The highest BCUT2D eigenvalue weighted by Gasteiger charge is 2.06. The molecule has 2 rings (SSSR count). The minimum atomic E-state index is -0.509. The van der Waals surface area contributed by atoms with Gasteiger partial charge in [0.15, 0.2) is 0 Å². The fraction of sp³-hybridized carbons (Fsp3) is 0.462. The third-order valence-electron chi connectivity index (χ3n) is 2.60. The van der Waals surface area contributed by atoms with E-state index in [0.29, 0.717) is 12.6 Å². The van der Waals surface area contributed by atoms with Crippen LogP contribution in [0.1, 0.15) is 13.8 Å². The van der Waals surface area contributed by atoms with Crippen molar-refractivity contribution in [3.63, 3.8) is 0 Å². The second kappa shape index (κ2) is 5.84. The first-order valence-corrected chi connectivity index (χ1v) is 6.12. The van der Waals surface area contributed by atoms with Gasteiger partial charge in [-0.25, -0.2) is 4.98 Å². The summed E-state index contributed by atoms with van der Waals surface area (Å²) in [5.74, 6) is 0.732. The molecule has 1 aromatic carbocycles. The molecule has 18 heavy (non-hydrogen) atoms. The van der Waals surface area contributed by atoms with Crippen molar-refractivity contribution in [1.82, 2.24) is 15.3 Å². The van der Waals surface area contributed by atoms with E-state index < -0.39 is 6.10 Å². The normalized spacial score (nSPS) is 13.1. The lowest BCUT2D eigenvalue weighted by atomic mass is 10.3. The lowest BCUT2D eigenvalue weighted by molar-refractivity contribution is 0.105. The van der Waals surface area contributed by atoms with E-state index in [9.17, 15) is 5.11 Å². The minimum Gasteiger partial charge on any atom is -0.491 e. The number of hydrogen-bond donors (Lipinski definition) is 3. The van der Waals surface area contributed by atoms with E-state index in [1.807, 2.05) is 32.0 Å². The predicted molar refractivity (Wildman–Crippen MR) is 70.7 cm³/mol. The van der Waals surface area contributed by atoms with Gasteiger partial charge in [-0.05, 0) is 12.1 Å². The highest BCUT2D eigenvalue weighted by Crippen LogP contribution is 2.17. The number of nitrogens with one attached hydrogen (secondary N) is 2. The van der Waals surface area contributed by atoms with E-state index in [4.69, 9.17) is 4.74 Å². The van der Waals surface area contributed by atoms with Crippen LogP contribution in [0.5, 0.6) is 5.75 Å². The third kappa shape index (κ3) is 3.45. The largest absolute Gasteiger partial charge is 0.491 e. The predicted octanol–water partition coefficient (Wildman–Crippen LogP) is 1.30. The Kier molecular flexibility index (Phi) is 4.17. The van der Waals surface area contributed by atoms with Crippen molar-refractivity contribution in [3.8, 4) is 5.75 Å². The van der Waals surface area contributed by atoms with Crippen molar-refractivity contribution in [3.05, 3.63) is 24.5 Å². The van der Waals surface area contributed by atoms with Crippen LogP contribution in [-0.4, -0.2) is 40.4 Å². The summed E-state index contributed by atoms with van der Waals surface area (Å²) in [6.45, 7) is 4.89. The Labute approximate surface area is 106 Å². The summed E-state index contributed by atoms with van der Waals surface area (Å²) in [6, 6.07) is 5.98. The van der Waals surface area contributed by atoms with Crippen molar-refractivity contribution >= 4 is 11.0 Å². The Morgan fingerprint density at radius 3 is 3.06 bits per heavy atom. The molecule has 98 valence electrons. The summed E-state index contributed by atoms with van der Waals surface area (Å²) >= 11 is 0. The van der Waals surface area contributed by atoms with Crippen LogP contribution < -0.4 is 10.1 Å². The Hall–Kier alpha value is -1.59. The van der Waals surface area contributed by atoms with Crippen LogP contribution in [0.25, 0.3) is 11.0 Å². The molecule has 0 saturated carbocycles. The van der Waals surface area contributed by atoms with Gasteiger partial charge in [0.1, 0.15) is 18.5 Å². The molecule has 0 aliphatic rings. The van der Waals surface area contributed by atoms with E-state index in [0.717, 1.165) is 16.8 Å². The quantitative estimate of drug-likeness (QED) is 0.721. The molecule has 1 atom stereocenters. The van der Waals surface area contributed by atoms with Crippen LogP contribution in [0.4, 0.5) is 0 Å². The maximum atomic E-state index is 9.72. The van der Waals surface area contributed by atoms with Gasteiger partial charge in [-0.2, -0.15) is 0 Å². The fourth-order valence-electron chi connectivity index (χ4n) is 1.63. The number of aliphatic hydroxyl groups is 1. The lowest BCUT2D eigenvalue weighted by Crippen LogP contribution is -2.35. The molecular formula is C13H19N3O2. The third-order valence-corrected chi connectivity index (χ3v) is 2.60. The van der Waals surface area contributed by atoms with Gasteiger partial charge in [0.25, 0.3) is 0 Å². The summed E-state index contributed by atoms with van der Waals surface area (Å²) in [7, 11) is 0. The standard InChI is InChI=1S/C13H19N3O2/c1-9(2)14-6-10(17)7-18-11-3-4-12-13(5-11)16-8-15-12/h3-5,8-10,14,17H,6-7H2,1-2H3,(H,15,16)/t10-/m1/s1. The second-order valence-corrected chi connectivity index (χ2v) is 4.61. The Bertz CT molecular complexity index is 496. The number of fused-ring (bicyclic) bond motifs is 1. The molecule has 2 aromatic rings. The van der Waals surface area contributed by atoms with Gasteiger partial charge in [-0.3, -0.25) is 0 Å².